The first-order chi connectivity index (χ1) is 12.7. The second-order valence-electron chi connectivity index (χ2n) is 6.80. The first-order valence-corrected chi connectivity index (χ1v) is 11.0. The van der Waals surface area contributed by atoms with Crippen molar-refractivity contribution in [3.05, 3.63) is 82.9 Å². The van der Waals surface area contributed by atoms with Crippen molar-refractivity contribution in [3.8, 4) is 11.1 Å². The number of rotatable bonds is 3. The minimum Gasteiger partial charge on any atom is -0.0876 e. The normalized spacial score (nSPS) is 11.4. The summed E-state index contributed by atoms with van der Waals surface area (Å²) < 4.78 is 0. The molecule has 130 valence electrons. The molecule has 0 N–H and O–H groups in total. The van der Waals surface area contributed by atoms with Crippen LogP contribution in [0.5, 0.6) is 0 Å². The van der Waals surface area contributed by atoms with E-state index in [1.165, 1.54) is 54.9 Å². The van der Waals surface area contributed by atoms with Crippen LogP contribution in [0, 0.1) is 13.8 Å². The Bertz CT molecular complexity index is 1030. The Kier molecular flexibility index (Phi) is 4.90. The molecule has 0 saturated carbocycles. The van der Waals surface area contributed by atoms with Crippen molar-refractivity contribution < 1.29 is 0 Å². The van der Waals surface area contributed by atoms with Gasteiger partial charge in [-0.2, -0.15) is 0 Å². The van der Waals surface area contributed by atoms with E-state index in [1.54, 1.807) is 0 Å². The largest absolute Gasteiger partial charge is 0.0876 e. The molecule has 2 heteroatoms. The second-order valence-corrected chi connectivity index (χ2v) is 7.93. The third-order valence-corrected chi connectivity index (χ3v) is 6.40. The number of halogens is 2. The van der Waals surface area contributed by atoms with Crippen molar-refractivity contribution in [1.29, 1.82) is 0 Å². The Morgan fingerprint density at radius 2 is 1.00 bits per heavy atom. The van der Waals surface area contributed by atoms with E-state index >= 15 is 0 Å². The zero-order chi connectivity index (χ0) is 18.3. The van der Waals surface area contributed by atoms with Crippen molar-refractivity contribution in [2.75, 3.05) is 0 Å². The molecule has 0 heterocycles. The Labute approximate surface area is 171 Å². The molecule has 0 radical (unpaired) electrons. The maximum Gasteiger partial charge on any atom is 0.0292 e. The van der Waals surface area contributed by atoms with E-state index in [-0.39, 0.29) is 0 Å². The molecule has 4 aromatic carbocycles. The summed E-state index contributed by atoms with van der Waals surface area (Å²) in [6.45, 7) is 4.44. The lowest BCUT2D eigenvalue weighted by atomic mass is 9.84. The van der Waals surface area contributed by atoms with Crippen molar-refractivity contribution in [2.24, 2.45) is 0 Å². The van der Waals surface area contributed by atoms with Gasteiger partial charge in [-0.1, -0.05) is 92.5 Å². The quantitative estimate of drug-likeness (QED) is 0.267. The average molecular weight is 468 g/mol. The van der Waals surface area contributed by atoms with Gasteiger partial charge < -0.3 is 0 Å². The average Bonchev–Trinajstić information content (AvgIpc) is 2.66. The number of benzene rings is 4. The fourth-order valence-electron chi connectivity index (χ4n) is 3.98. The van der Waals surface area contributed by atoms with Gasteiger partial charge in [-0.3, -0.25) is 0 Å². The zero-order valence-electron chi connectivity index (χ0n) is 14.9. The van der Waals surface area contributed by atoms with Crippen LogP contribution in [0.15, 0.2) is 60.7 Å². The molecule has 0 atom stereocenters. The second kappa shape index (κ2) is 7.17. The van der Waals surface area contributed by atoms with Crippen molar-refractivity contribution in [2.45, 2.75) is 24.5 Å². The molecule has 0 nitrogen and oxygen atoms in total. The van der Waals surface area contributed by atoms with Crippen molar-refractivity contribution in [1.82, 2.24) is 0 Å². The van der Waals surface area contributed by atoms with E-state index in [1.807, 2.05) is 0 Å². The molecule has 4 rings (SSSR count). The van der Waals surface area contributed by atoms with Crippen LogP contribution in [0.2, 0.25) is 0 Å². The van der Waals surface area contributed by atoms with E-state index in [0.29, 0.717) is 0 Å². The summed E-state index contributed by atoms with van der Waals surface area (Å²) in [5, 5.41) is 6.95. The van der Waals surface area contributed by atoms with Gasteiger partial charge in [-0.25, -0.2) is 0 Å². The predicted octanol–water partition coefficient (Wildman–Crippen LogP) is 8.07. The van der Waals surface area contributed by atoms with Crippen LogP contribution in [0.3, 0.4) is 0 Å². The van der Waals surface area contributed by atoms with Crippen LogP contribution in [-0.2, 0) is 10.7 Å². The van der Waals surface area contributed by atoms with Crippen LogP contribution < -0.4 is 0 Å². The maximum atomic E-state index is 3.76. The van der Waals surface area contributed by atoms with E-state index in [4.69, 9.17) is 0 Å². The fraction of sp³-hybridized carbons (Fsp3) is 0.167. The van der Waals surface area contributed by atoms with Gasteiger partial charge in [0.25, 0.3) is 0 Å². The summed E-state index contributed by atoms with van der Waals surface area (Å²) >= 11 is 7.52. The topological polar surface area (TPSA) is 0 Å². The minimum absolute atomic E-state index is 0.850. The van der Waals surface area contributed by atoms with Gasteiger partial charge in [0, 0.05) is 10.7 Å². The number of hydrogen-bond donors (Lipinski definition) is 0. The summed E-state index contributed by atoms with van der Waals surface area (Å²) in [4.78, 5) is 0. The zero-order valence-corrected chi connectivity index (χ0v) is 18.1. The standard InChI is InChI=1S/C24H20Br2/c1-15-11-17-7-3-5-9-19(17)23(21(15)13-25)24-20-10-6-4-8-18(20)12-16(2)22(24)14-26/h3-12H,13-14H2,1-2H3. The highest BCUT2D eigenvalue weighted by atomic mass is 79.9. The number of alkyl halides is 2. The van der Waals surface area contributed by atoms with Gasteiger partial charge in [0.15, 0.2) is 0 Å². The first-order valence-electron chi connectivity index (χ1n) is 8.80. The molecule has 0 spiro atoms. The van der Waals surface area contributed by atoms with E-state index in [9.17, 15) is 0 Å². The van der Waals surface area contributed by atoms with Gasteiger partial charge in [-0.05, 0) is 68.8 Å². The Morgan fingerprint density at radius 1 is 0.615 bits per heavy atom. The molecule has 0 unspecified atom stereocenters. The summed E-state index contributed by atoms with van der Waals surface area (Å²) in [6.07, 6.45) is 0. The molecule has 0 aliphatic rings. The molecule has 0 amide bonds. The summed E-state index contributed by atoms with van der Waals surface area (Å²) in [5.41, 5.74) is 8.16. The molecule has 0 aromatic heterocycles. The van der Waals surface area contributed by atoms with E-state index < -0.39 is 0 Å². The lowest BCUT2D eigenvalue weighted by Crippen LogP contribution is -1.99. The van der Waals surface area contributed by atoms with Gasteiger partial charge in [-0.15, -0.1) is 0 Å². The van der Waals surface area contributed by atoms with E-state index in [2.05, 4.69) is 106 Å². The molecule has 0 aliphatic carbocycles. The van der Waals surface area contributed by atoms with Gasteiger partial charge in [0.1, 0.15) is 0 Å². The highest BCUT2D eigenvalue weighted by Crippen LogP contribution is 2.42. The fourth-order valence-corrected chi connectivity index (χ4v) is 5.42. The molecule has 26 heavy (non-hydrogen) atoms. The molecular weight excluding hydrogens is 448 g/mol. The van der Waals surface area contributed by atoms with Crippen molar-refractivity contribution in [3.63, 3.8) is 0 Å². The third-order valence-electron chi connectivity index (χ3n) is 5.28. The summed E-state index contributed by atoms with van der Waals surface area (Å²) in [5.74, 6) is 0. The van der Waals surface area contributed by atoms with Crippen LogP contribution in [-0.4, -0.2) is 0 Å². The smallest absolute Gasteiger partial charge is 0.0292 e. The molecule has 4 aromatic rings. The lowest BCUT2D eigenvalue weighted by molar-refractivity contribution is 1.31. The number of hydrogen-bond acceptors (Lipinski definition) is 0. The van der Waals surface area contributed by atoms with Gasteiger partial charge in [0.2, 0.25) is 0 Å². The molecule has 0 bridgehead atoms. The predicted molar refractivity (Wildman–Crippen MR) is 122 cm³/mol. The first kappa shape index (κ1) is 17.8. The highest BCUT2D eigenvalue weighted by molar-refractivity contribution is 9.08. The van der Waals surface area contributed by atoms with Crippen LogP contribution in [0.1, 0.15) is 22.3 Å². The molecule has 0 fully saturated rings. The monoisotopic (exact) mass is 466 g/mol. The van der Waals surface area contributed by atoms with E-state index in [0.717, 1.165) is 10.7 Å². The SMILES string of the molecule is Cc1cc2ccccc2c(-c2c(CBr)c(C)cc3ccccc23)c1CBr. The number of aryl methyl sites for hydroxylation is 2. The Hall–Kier alpha value is -1.64. The molecule has 0 aliphatic heterocycles. The maximum absolute atomic E-state index is 3.76. The third kappa shape index (κ3) is 2.80. The highest BCUT2D eigenvalue weighted by Gasteiger charge is 2.19. The van der Waals surface area contributed by atoms with Crippen molar-refractivity contribution >= 4 is 53.4 Å². The number of fused-ring (bicyclic) bond motifs is 2. The van der Waals surface area contributed by atoms with Crippen LogP contribution in [0.4, 0.5) is 0 Å². The Morgan fingerprint density at radius 3 is 1.38 bits per heavy atom. The minimum atomic E-state index is 0.850. The molecular formula is C24H20Br2. The van der Waals surface area contributed by atoms with Gasteiger partial charge >= 0.3 is 0 Å². The molecule has 0 saturated heterocycles. The summed E-state index contributed by atoms with van der Waals surface area (Å²) in [7, 11) is 0. The summed E-state index contributed by atoms with van der Waals surface area (Å²) in [6, 6.07) is 22.1. The Balaban J connectivity index is 2.27. The lowest BCUT2D eigenvalue weighted by Gasteiger charge is -2.21. The van der Waals surface area contributed by atoms with Crippen LogP contribution >= 0.6 is 31.9 Å². The van der Waals surface area contributed by atoms with Crippen LogP contribution in [0.25, 0.3) is 32.7 Å². The van der Waals surface area contributed by atoms with Gasteiger partial charge in [0.05, 0.1) is 0 Å².